The Balaban J connectivity index is 0.00000441. The summed E-state index contributed by atoms with van der Waals surface area (Å²) in [6.07, 6.45) is -4.40. The van der Waals surface area contributed by atoms with Gasteiger partial charge in [-0.25, -0.2) is 0 Å². The molecule has 1 aromatic rings. The van der Waals surface area contributed by atoms with Crippen LogP contribution in [-0.4, -0.2) is 11.9 Å². The van der Waals surface area contributed by atoms with Crippen molar-refractivity contribution >= 4 is 18.3 Å². The number of carbonyl (C=O) groups is 1. The molecule has 0 bridgehead atoms. The van der Waals surface area contributed by atoms with E-state index in [9.17, 15) is 18.0 Å². The molecule has 0 fully saturated rings. The summed E-state index contributed by atoms with van der Waals surface area (Å²) in [6, 6.07) is 3.62. The first-order chi connectivity index (χ1) is 9.43. The minimum Gasteiger partial charge on any atom is -0.348 e. The predicted octanol–water partition coefficient (Wildman–Crippen LogP) is 3.68. The van der Waals surface area contributed by atoms with Crippen LogP contribution in [0.4, 0.5) is 13.2 Å². The summed E-state index contributed by atoms with van der Waals surface area (Å²) in [4.78, 5) is 12.0. The van der Waals surface area contributed by atoms with Crippen molar-refractivity contribution < 1.29 is 18.0 Å². The molecule has 3 nitrogen and oxygen atoms in total. The van der Waals surface area contributed by atoms with Crippen molar-refractivity contribution in [3.63, 3.8) is 0 Å². The Kier molecular flexibility index (Phi) is 6.91. The Labute approximate surface area is 134 Å². The maximum Gasteiger partial charge on any atom is 0.416 e. The van der Waals surface area contributed by atoms with E-state index in [1.807, 2.05) is 20.8 Å². The molecule has 0 radical (unpaired) electrons. The topological polar surface area (TPSA) is 55.1 Å². The van der Waals surface area contributed by atoms with Crippen molar-refractivity contribution in [2.24, 2.45) is 11.1 Å². The summed E-state index contributed by atoms with van der Waals surface area (Å²) < 4.78 is 38.0. The molecule has 1 amide bonds. The largest absolute Gasteiger partial charge is 0.416 e. The highest BCUT2D eigenvalue weighted by Gasteiger charge is 2.31. The fourth-order valence-electron chi connectivity index (χ4n) is 1.76. The Hall–Kier alpha value is -1.27. The highest BCUT2D eigenvalue weighted by molar-refractivity contribution is 5.85. The van der Waals surface area contributed by atoms with Gasteiger partial charge in [-0.3, -0.25) is 4.79 Å². The van der Waals surface area contributed by atoms with E-state index in [0.29, 0.717) is 5.56 Å². The fourth-order valence-corrected chi connectivity index (χ4v) is 1.76. The van der Waals surface area contributed by atoms with E-state index < -0.39 is 29.2 Å². The van der Waals surface area contributed by atoms with Gasteiger partial charge in [0.15, 0.2) is 0 Å². The molecule has 0 aromatic heterocycles. The first kappa shape index (κ1) is 20.7. The van der Waals surface area contributed by atoms with Crippen LogP contribution in [-0.2, 0) is 11.0 Å². The molecule has 0 saturated heterocycles. The lowest BCUT2D eigenvalue weighted by molar-refractivity contribution is -0.137. The van der Waals surface area contributed by atoms with Gasteiger partial charge in [-0.05, 0) is 30.0 Å². The zero-order valence-electron chi connectivity index (χ0n) is 13.0. The number of carbonyl (C=O) groups excluding carboxylic acids is 1. The number of hydrogen-bond donors (Lipinski definition) is 2. The van der Waals surface area contributed by atoms with Gasteiger partial charge < -0.3 is 11.1 Å². The molecular weight excluding hydrogens is 317 g/mol. The van der Waals surface area contributed by atoms with Crippen molar-refractivity contribution in [1.29, 1.82) is 0 Å². The summed E-state index contributed by atoms with van der Waals surface area (Å²) in [5, 5.41) is 2.65. The lowest BCUT2D eigenvalue weighted by Crippen LogP contribution is -2.49. The van der Waals surface area contributed by atoms with Gasteiger partial charge in [0.05, 0.1) is 17.6 Å². The van der Waals surface area contributed by atoms with Crippen molar-refractivity contribution in [1.82, 2.24) is 5.32 Å². The van der Waals surface area contributed by atoms with Crippen molar-refractivity contribution in [2.45, 2.75) is 46.0 Å². The van der Waals surface area contributed by atoms with Gasteiger partial charge in [-0.15, -0.1) is 12.4 Å². The molecule has 0 saturated carbocycles. The molecule has 0 spiro atoms. The van der Waals surface area contributed by atoms with Gasteiger partial charge in [-0.2, -0.15) is 13.2 Å². The second-order valence-corrected chi connectivity index (χ2v) is 6.20. The highest BCUT2D eigenvalue weighted by atomic mass is 35.5. The van der Waals surface area contributed by atoms with Crippen LogP contribution in [0.1, 0.15) is 44.9 Å². The first-order valence-electron chi connectivity index (χ1n) is 6.66. The normalized spacial score (nSPS) is 14.7. The minimum absolute atomic E-state index is 0. The Morgan fingerprint density at radius 2 is 1.77 bits per heavy atom. The predicted molar refractivity (Wildman–Crippen MR) is 82.7 cm³/mol. The summed E-state index contributed by atoms with van der Waals surface area (Å²) in [5.41, 5.74) is 5.06. The van der Waals surface area contributed by atoms with E-state index >= 15 is 0 Å². The van der Waals surface area contributed by atoms with Gasteiger partial charge >= 0.3 is 6.18 Å². The molecule has 3 N–H and O–H groups in total. The van der Waals surface area contributed by atoms with Crippen molar-refractivity contribution in [3.8, 4) is 0 Å². The SMILES string of the molecule is CC(NC(=O)[C@@H](N)C(C)(C)C)c1cccc(C(F)(F)F)c1.Cl. The average Bonchev–Trinajstić information content (AvgIpc) is 2.35. The van der Waals surface area contributed by atoms with Gasteiger partial charge in [0.1, 0.15) is 0 Å². The molecule has 0 heterocycles. The third-order valence-electron chi connectivity index (χ3n) is 3.29. The molecular formula is C15H22ClF3N2O. The summed E-state index contributed by atoms with van der Waals surface area (Å²) in [5.74, 6) is -0.382. The van der Waals surface area contributed by atoms with E-state index in [4.69, 9.17) is 5.73 Å². The zero-order valence-corrected chi connectivity index (χ0v) is 13.8. The van der Waals surface area contributed by atoms with Crippen LogP contribution < -0.4 is 11.1 Å². The monoisotopic (exact) mass is 338 g/mol. The number of rotatable bonds is 3. The molecule has 1 aromatic carbocycles. The van der Waals surface area contributed by atoms with Gasteiger partial charge in [0.25, 0.3) is 0 Å². The fraction of sp³-hybridized carbons (Fsp3) is 0.533. The number of hydrogen-bond acceptors (Lipinski definition) is 2. The maximum atomic E-state index is 12.7. The Morgan fingerprint density at radius 1 is 1.23 bits per heavy atom. The molecule has 7 heteroatoms. The number of nitrogens with two attached hydrogens (primary N) is 1. The number of alkyl halides is 3. The molecule has 22 heavy (non-hydrogen) atoms. The van der Waals surface area contributed by atoms with Crippen LogP contribution in [0.15, 0.2) is 24.3 Å². The van der Waals surface area contributed by atoms with Gasteiger partial charge in [-0.1, -0.05) is 32.9 Å². The lowest BCUT2D eigenvalue weighted by Gasteiger charge is -2.27. The zero-order chi connectivity index (χ0) is 16.4. The highest BCUT2D eigenvalue weighted by Crippen LogP contribution is 2.30. The Bertz CT molecular complexity index is 512. The minimum atomic E-state index is -4.40. The van der Waals surface area contributed by atoms with Crippen molar-refractivity contribution in [2.75, 3.05) is 0 Å². The van der Waals surface area contributed by atoms with E-state index in [2.05, 4.69) is 5.32 Å². The summed E-state index contributed by atoms with van der Waals surface area (Å²) >= 11 is 0. The van der Waals surface area contributed by atoms with Crippen LogP contribution in [0.3, 0.4) is 0 Å². The average molecular weight is 339 g/mol. The number of nitrogens with one attached hydrogen (secondary N) is 1. The number of benzene rings is 1. The number of amides is 1. The van der Waals surface area contributed by atoms with Crippen LogP contribution in [0.5, 0.6) is 0 Å². The first-order valence-corrected chi connectivity index (χ1v) is 6.66. The van der Waals surface area contributed by atoms with E-state index in [0.717, 1.165) is 12.1 Å². The standard InChI is InChI=1S/C15H21F3N2O.ClH/c1-9(20-13(21)12(19)14(2,3)4)10-6-5-7-11(8-10)15(16,17)18;/h5-9,12H,19H2,1-4H3,(H,20,21);1H/t9?,12-;/m1./s1. The summed E-state index contributed by atoms with van der Waals surface area (Å²) in [7, 11) is 0. The molecule has 0 aliphatic heterocycles. The van der Waals surface area contributed by atoms with E-state index in [1.165, 1.54) is 6.07 Å². The third-order valence-corrected chi connectivity index (χ3v) is 3.29. The molecule has 1 unspecified atom stereocenters. The maximum absolute atomic E-state index is 12.7. The smallest absolute Gasteiger partial charge is 0.348 e. The van der Waals surface area contributed by atoms with Gasteiger partial charge in [0.2, 0.25) is 5.91 Å². The lowest BCUT2D eigenvalue weighted by atomic mass is 9.86. The van der Waals surface area contributed by atoms with Crippen LogP contribution in [0.2, 0.25) is 0 Å². The second-order valence-electron chi connectivity index (χ2n) is 6.20. The van der Waals surface area contributed by atoms with Crippen LogP contribution in [0.25, 0.3) is 0 Å². The molecule has 0 aliphatic carbocycles. The molecule has 2 atom stereocenters. The molecule has 0 aliphatic rings. The van der Waals surface area contributed by atoms with Crippen molar-refractivity contribution in [3.05, 3.63) is 35.4 Å². The van der Waals surface area contributed by atoms with Gasteiger partial charge in [0, 0.05) is 0 Å². The van der Waals surface area contributed by atoms with Crippen LogP contribution in [0, 0.1) is 5.41 Å². The second kappa shape index (κ2) is 7.33. The van der Waals surface area contributed by atoms with Crippen LogP contribution >= 0.6 is 12.4 Å². The van der Waals surface area contributed by atoms with E-state index in [-0.39, 0.29) is 18.3 Å². The third kappa shape index (κ3) is 5.50. The molecule has 1 rings (SSSR count). The van der Waals surface area contributed by atoms with E-state index in [1.54, 1.807) is 13.0 Å². The summed E-state index contributed by atoms with van der Waals surface area (Å²) in [6.45, 7) is 7.10. The number of halogens is 4. The molecule has 126 valence electrons. The Morgan fingerprint density at radius 3 is 2.23 bits per heavy atom. The quantitative estimate of drug-likeness (QED) is 0.883.